The maximum atomic E-state index is 11.9. The Labute approximate surface area is 94.7 Å². The molecular weight excluding hydrogens is 244 g/mol. The molecule has 0 aliphatic heterocycles. The summed E-state index contributed by atoms with van der Waals surface area (Å²) in [5.74, 6) is -0.751. The molecule has 0 saturated carbocycles. The highest BCUT2D eigenvalue weighted by Gasteiger charge is 2.20. The average Bonchev–Trinajstić information content (AvgIpc) is 2.16. The van der Waals surface area contributed by atoms with E-state index in [4.69, 9.17) is 5.41 Å². The summed E-state index contributed by atoms with van der Waals surface area (Å²) in [6, 6.07) is 6.61. The first-order chi connectivity index (χ1) is 7.75. The lowest BCUT2D eigenvalue weighted by Crippen LogP contribution is -2.18. The van der Waals surface area contributed by atoms with Crippen LogP contribution in [-0.2, 0) is 6.42 Å². The number of benzene rings is 1. The third-order valence-electron chi connectivity index (χ3n) is 1.63. The van der Waals surface area contributed by atoms with Crippen LogP contribution in [0.5, 0.6) is 0 Å². The molecule has 0 unspecified atom stereocenters. The summed E-state index contributed by atoms with van der Waals surface area (Å²) in [6.45, 7) is -0.496. The van der Waals surface area contributed by atoms with Gasteiger partial charge in [-0.15, -0.1) is 0 Å². The largest absolute Gasteiger partial charge is 0.859 e. The molecule has 2 nitrogen and oxygen atoms in total. The summed E-state index contributed by atoms with van der Waals surface area (Å²) in [6.07, 6.45) is 0.209. The van der Waals surface area contributed by atoms with E-state index in [1.807, 2.05) is 0 Å². The monoisotopic (exact) mass is 253 g/mol. The first kappa shape index (κ1) is 15.4. The van der Waals surface area contributed by atoms with Gasteiger partial charge in [-0.05, 0) is 17.0 Å². The van der Waals surface area contributed by atoms with Crippen molar-refractivity contribution in [2.75, 3.05) is 6.67 Å². The van der Waals surface area contributed by atoms with Crippen molar-refractivity contribution in [2.45, 2.75) is 6.42 Å². The smallest absolute Gasteiger partial charge is 0.673 e. The van der Waals surface area contributed by atoms with Crippen LogP contribution in [0.3, 0.4) is 0 Å². The zero-order valence-corrected chi connectivity index (χ0v) is 8.60. The Kier molecular flexibility index (Phi) is 6.23. The van der Waals surface area contributed by atoms with E-state index in [9.17, 15) is 26.8 Å². The van der Waals surface area contributed by atoms with Gasteiger partial charge in [-0.3, -0.25) is 4.39 Å². The molecule has 96 valence electrons. The van der Waals surface area contributed by atoms with Crippen LogP contribution in [0.25, 0.3) is 0 Å². The number of rotatable bonds is 3. The van der Waals surface area contributed by atoms with Crippen LogP contribution >= 0.6 is 0 Å². The highest BCUT2D eigenvalue weighted by molar-refractivity contribution is 6.50. The first-order valence-electron chi connectivity index (χ1n) is 4.53. The molecule has 0 radical (unpaired) electrons. The van der Waals surface area contributed by atoms with E-state index in [1.165, 1.54) is 0 Å². The van der Waals surface area contributed by atoms with Gasteiger partial charge in [0, 0.05) is 6.42 Å². The summed E-state index contributed by atoms with van der Waals surface area (Å²) >= 11 is 0. The lowest BCUT2D eigenvalue weighted by atomic mass is 10.1. The van der Waals surface area contributed by atoms with Gasteiger partial charge in [-0.1, -0.05) is 24.3 Å². The molecule has 1 rings (SSSR count). The zero-order valence-electron chi connectivity index (χ0n) is 8.60. The number of nitrogens with one attached hydrogen (secondary N) is 1. The first-order valence-corrected chi connectivity index (χ1v) is 4.53. The van der Waals surface area contributed by atoms with Gasteiger partial charge in [0.1, 0.15) is 0 Å². The topological polar surface area (TPSA) is 46.9 Å². The van der Waals surface area contributed by atoms with Crippen molar-refractivity contribution in [1.82, 2.24) is 0 Å². The SMILES string of the molecule is F[B-](F)(F)F.N=C([O-])c1ccccc1CCF. The third-order valence-corrected chi connectivity index (χ3v) is 1.63. The fourth-order valence-electron chi connectivity index (χ4n) is 1.06. The molecule has 0 atom stereocenters. The second-order valence-electron chi connectivity index (χ2n) is 2.92. The Hall–Kier alpha value is -1.60. The van der Waals surface area contributed by atoms with Crippen molar-refractivity contribution in [3.8, 4) is 0 Å². The molecule has 0 fully saturated rings. The molecule has 0 aliphatic carbocycles. The van der Waals surface area contributed by atoms with Gasteiger partial charge >= 0.3 is 7.25 Å². The number of aryl methyl sites for hydroxylation is 1. The van der Waals surface area contributed by atoms with Crippen molar-refractivity contribution in [1.29, 1.82) is 5.41 Å². The maximum absolute atomic E-state index is 11.9. The van der Waals surface area contributed by atoms with Crippen LogP contribution in [-0.4, -0.2) is 19.8 Å². The van der Waals surface area contributed by atoms with E-state index < -0.39 is 19.8 Å². The number of halogens is 5. The van der Waals surface area contributed by atoms with E-state index in [1.54, 1.807) is 24.3 Å². The van der Waals surface area contributed by atoms with Gasteiger partial charge in [-0.25, -0.2) is 0 Å². The van der Waals surface area contributed by atoms with Gasteiger partial charge in [0.15, 0.2) is 0 Å². The predicted molar refractivity (Wildman–Crippen MR) is 53.1 cm³/mol. The van der Waals surface area contributed by atoms with Crippen LogP contribution in [0.4, 0.5) is 21.7 Å². The van der Waals surface area contributed by atoms with Crippen LogP contribution in [0.2, 0.25) is 0 Å². The van der Waals surface area contributed by atoms with Crippen molar-refractivity contribution in [3.63, 3.8) is 0 Å². The fourth-order valence-corrected chi connectivity index (χ4v) is 1.06. The average molecular weight is 253 g/mol. The Bertz CT molecular complexity index is 363. The molecule has 0 spiro atoms. The van der Waals surface area contributed by atoms with Gasteiger partial charge in [0.05, 0.1) is 6.67 Å². The van der Waals surface area contributed by atoms with Crippen molar-refractivity contribution in [3.05, 3.63) is 35.4 Å². The molecule has 0 heterocycles. The van der Waals surface area contributed by atoms with E-state index in [0.29, 0.717) is 11.1 Å². The molecular formula is C9H9BF5NO-2. The molecule has 1 aromatic carbocycles. The third kappa shape index (κ3) is 8.24. The number of alkyl halides is 1. The Morgan fingerprint density at radius 1 is 1.18 bits per heavy atom. The summed E-state index contributed by atoms with van der Waals surface area (Å²) in [4.78, 5) is 0. The standard InChI is InChI=1S/C9H10FNO.BF4/c10-6-5-7-3-1-2-4-8(7)9(11)12;2-1(3,4)5/h1-4H,5-6H2,(H2,11,12);/q;-1/p-1. The number of hydrogen-bond donors (Lipinski definition) is 1. The summed E-state index contributed by atoms with van der Waals surface area (Å²) in [5.41, 5.74) is 0.912. The summed E-state index contributed by atoms with van der Waals surface area (Å²) in [5, 5.41) is 17.6. The van der Waals surface area contributed by atoms with Gasteiger partial charge in [-0.2, -0.15) is 0 Å². The van der Waals surface area contributed by atoms with Crippen LogP contribution in [0, 0.1) is 5.41 Å². The molecule has 17 heavy (non-hydrogen) atoms. The molecule has 0 bridgehead atoms. The number of hydrogen-bond acceptors (Lipinski definition) is 2. The molecule has 0 aliphatic rings. The molecule has 1 aromatic rings. The van der Waals surface area contributed by atoms with Gasteiger partial charge in [0.2, 0.25) is 0 Å². The van der Waals surface area contributed by atoms with E-state index in [0.717, 1.165) is 0 Å². The second-order valence-corrected chi connectivity index (χ2v) is 2.92. The summed E-state index contributed by atoms with van der Waals surface area (Å²) < 4.78 is 50.9. The Balaban J connectivity index is 0.000000437. The van der Waals surface area contributed by atoms with Crippen LogP contribution in [0.15, 0.2) is 24.3 Å². The minimum absolute atomic E-state index is 0.209. The molecule has 0 aromatic heterocycles. The van der Waals surface area contributed by atoms with Crippen molar-refractivity contribution < 1.29 is 26.8 Å². The van der Waals surface area contributed by atoms with E-state index in [-0.39, 0.29) is 6.42 Å². The van der Waals surface area contributed by atoms with Crippen LogP contribution in [0.1, 0.15) is 11.1 Å². The quantitative estimate of drug-likeness (QED) is 0.381. The highest BCUT2D eigenvalue weighted by Crippen LogP contribution is 2.08. The van der Waals surface area contributed by atoms with E-state index >= 15 is 0 Å². The Morgan fingerprint density at radius 3 is 2.06 bits per heavy atom. The molecule has 1 N–H and O–H groups in total. The van der Waals surface area contributed by atoms with Gasteiger partial charge in [0.25, 0.3) is 0 Å². The van der Waals surface area contributed by atoms with Crippen molar-refractivity contribution >= 4 is 13.2 Å². The Morgan fingerprint density at radius 2 is 1.65 bits per heavy atom. The van der Waals surface area contributed by atoms with Gasteiger partial charge < -0.3 is 27.8 Å². The zero-order chi connectivity index (χ0) is 13.5. The predicted octanol–water partition coefficient (Wildman–Crippen LogP) is 2.18. The fraction of sp³-hybridized carbons (Fsp3) is 0.222. The molecule has 0 saturated heterocycles. The van der Waals surface area contributed by atoms with Crippen LogP contribution < -0.4 is 5.11 Å². The second kappa shape index (κ2) is 6.87. The highest BCUT2D eigenvalue weighted by atomic mass is 19.5. The maximum Gasteiger partial charge on any atom is 0.673 e. The van der Waals surface area contributed by atoms with Crippen molar-refractivity contribution in [2.24, 2.45) is 0 Å². The summed E-state index contributed by atoms with van der Waals surface area (Å²) in [7, 11) is -6.00. The minimum atomic E-state index is -6.00. The molecule has 8 heteroatoms. The normalized spacial score (nSPS) is 10.4. The van der Waals surface area contributed by atoms with E-state index in [2.05, 4.69) is 0 Å². The lowest BCUT2D eigenvalue weighted by Gasteiger charge is -2.11. The molecule has 0 amide bonds. The minimum Gasteiger partial charge on any atom is -0.859 e. The lowest BCUT2D eigenvalue weighted by molar-refractivity contribution is -0.214.